The molecule has 116 valence electrons. The van der Waals surface area contributed by atoms with Crippen molar-refractivity contribution >= 4 is 5.97 Å². The number of carboxylic acid groups (broad SMARTS) is 1. The number of fused-ring (bicyclic) bond motifs is 1. The molecule has 2 N–H and O–H groups in total. The highest BCUT2D eigenvalue weighted by Gasteiger charge is 2.16. The summed E-state index contributed by atoms with van der Waals surface area (Å²) in [5, 5.41) is 12.2. The molecule has 4 nitrogen and oxygen atoms in total. The van der Waals surface area contributed by atoms with Crippen LogP contribution in [0.15, 0.2) is 18.2 Å². The van der Waals surface area contributed by atoms with E-state index in [0.29, 0.717) is 13.0 Å². The zero-order valence-electron chi connectivity index (χ0n) is 12.7. The van der Waals surface area contributed by atoms with Gasteiger partial charge in [-0.15, -0.1) is 0 Å². The highest BCUT2D eigenvalue weighted by Crippen LogP contribution is 2.25. The van der Waals surface area contributed by atoms with Crippen LogP contribution in [0.4, 0.5) is 0 Å². The molecule has 0 fully saturated rings. The second-order valence-corrected chi connectivity index (χ2v) is 5.62. The van der Waals surface area contributed by atoms with Gasteiger partial charge in [-0.25, -0.2) is 0 Å². The topological polar surface area (TPSA) is 58.6 Å². The maximum Gasteiger partial charge on any atom is 0.320 e. The van der Waals surface area contributed by atoms with Gasteiger partial charge in [-0.3, -0.25) is 4.79 Å². The van der Waals surface area contributed by atoms with E-state index in [-0.39, 0.29) is 0 Å². The van der Waals surface area contributed by atoms with E-state index in [0.717, 1.165) is 31.6 Å². The van der Waals surface area contributed by atoms with Gasteiger partial charge in [0.1, 0.15) is 11.8 Å². The Kier molecular flexibility index (Phi) is 6.05. The van der Waals surface area contributed by atoms with E-state index in [1.54, 1.807) is 0 Å². The zero-order valence-corrected chi connectivity index (χ0v) is 12.7. The predicted octanol–water partition coefficient (Wildman–Crippen LogP) is 2.79. The zero-order chi connectivity index (χ0) is 15.1. The maximum atomic E-state index is 11.1. The minimum absolute atomic E-state index is 0.423. The van der Waals surface area contributed by atoms with Crippen molar-refractivity contribution in [3.05, 3.63) is 29.3 Å². The predicted molar refractivity (Wildman–Crippen MR) is 82.9 cm³/mol. The number of aliphatic carboxylic acids is 1. The van der Waals surface area contributed by atoms with E-state index >= 15 is 0 Å². The number of hydrogen-bond acceptors (Lipinski definition) is 3. The molecule has 0 saturated carbocycles. The van der Waals surface area contributed by atoms with Crippen LogP contribution < -0.4 is 10.1 Å². The fourth-order valence-electron chi connectivity index (χ4n) is 2.73. The standard InChI is InChI=1S/C17H25NO3/c1-2-10-18-16(17(19)20)9-11-21-15-8-7-13-5-3-4-6-14(13)12-15/h7-8,12,16,18H,2-6,9-11H2,1H3,(H,19,20). The van der Waals surface area contributed by atoms with Crippen LogP contribution in [-0.2, 0) is 17.6 Å². The number of benzene rings is 1. The Balaban J connectivity index is 1.83. The summed E-state index contributed by atoms with van der Waals surface area (Å²) >= 11 is 0. The maximum absolute atomic E-state index is 11.1. The van der Waals surface area contributed by atoms with Gasteiger partial charge in [0.25, 0.3) is 0 Å². The molecule has 1 aromatic carbocycles. The molecule has 1 aromatic rings. The summed E-state index contributed by atoms with van der Waals surface area (Å²) in [6.45, 7) is 3.16. The van der Waals surface area contributed by atoms with E-state index in [2.05, 4.69) is 17.4 Å². The number of rotatable bonds is 8. The van der Waals surface area contributed by atoms with Crippen molar-refractivity contribution in [1.82, 2.24) is 5.32 Å². The lowest BCUT2D eigenvalue weighted by Gasteiger charge is -2.18. The van der Waals surface area contributed by atoms with Crippen LogP contribution in [0.3, 0.4) is 0 Å². The third-order valence-electron chi connectivity index (χ3n) is 3.93. The molecule has 4 heteroatoms. The van der Waals surface area contributed by atoms with Gasteiger partial charge in [0.05, 0.1) is 6.61 Å². The van der Waals surface area contributed by atoms with Crippen molar-refractivity contribution in [2.24, 2.45) is 0 Å². The average Bonchev–Trinajstić information content (AvgIpc) is 2.50. The van der Waals surface area contributed by atoms with E-state index in [1.807, 2.05) is 13.0 Å². The molecule has 1 unspecified atom stereocenters. The Morgan fingerprint density at radius 3 is 2.81 bits per heavy atom. The Bertz CT molecular complexity index is 473. The third kappa shape index (κ3) is 4.74. The monoisotopic (exact) mass is 291 g/mol. The van der Waals surface area contributed by atoms with Gasteiger partial charge in [0, 0.05) is 6.42 Å². The highest BCUT2D eigenvalue weighted by molar-refractivity contribution is 5.73. The first-order chi connectivity index (χ1) is 10.2. The van der Waals surface area contributed by atoms with Gasteiger partial charge in [0.15, 0.2) is 0 Å². The van der Waals surface area contributed by atoms with Gasteiger partial charge < -0.3 is 15.2 Å². The van der Waals surface area contributed by atoms with Crippen LogP contribution in [0.2, 0.25) is 0 Å². The van der Waals surface area contributed by atoms with Gasteiger partial charge in [-0.1, -0.05) is 13.0 Å². The number of carboxylic acids is 1. The summed E-state index contributed by atoms with van der Waals surface area (Å²) in [6.07, 6.45) is 6.22. The lowest BCUT2D eigenvalue weighted by Crippen LogP contribution is -2.38. The van der Waals surface area contributed by atoms with Crippen molar-refractivity contribution in [1.29, 1.82) is 0 Å². The molecule has 0 amide bonds. The largest absolute Gasteiger partial charge is 0.494 e. The van der Waals surface area contributed by atoms with Gasteiger partial charge in [0.2, 0.25) is 0 Å². The first-order valence-electron chi connectivity index (χ1n) is 7.91. The minimum atomic E-state index is -0.808. The first-order valence-corrected chi connectivity index (χ1v) is 7.91. The first kappa shape index (κ1) is 15.8. The van der Waals surface area contributed by atoms with Crippen LogP contribution in [-0.4, -0.2) is 30.3 Å². The SMILES string of the molecule is CCCNC(CCOc1ccc2c(c1)CCCC2)C(=O)O. The van der Waals surface area contributed by atoms with E-state index in [4.69, 9.17) is 9.84 Å². The number of nitrogens with one attached hydrogen (secondary N) is 1. The molecule has 0 heterocycles. The lowest BCUT2D eigenvalue weighted by molar-refractivity contribution is -0.139. The van der Waals surface area contributed by atoms with Crippen molar-refractivity contribution in [2.75, 3.05) is 13.2 Å². The summed E-state index contributed by atoms with van der Waals surface area (Å²) < 4.78 is 5.73. The molecule has 0 bridgehead atoms. The summed E-state index contributed by atoms with van der Waals surface area (Å²) in [6, 6.07) is 5.74. The van der Waals surface area contributed by atoms with Crippen LogP contribution in [0.5, 0.6) is 5.75 Å². The van der Waals surface area contributed by atoms with Crippen molar-refractivity contribution in [2.45, 2.75) is 51.5 Å². The Morgan fingerprint density at radius 2 is 2.10 bits per heavy atom. The lowest BCUT2D eigenvalue weighted by atomic mass is 9.92. The third-order valence-corrected chi connectivity index (χ3v) is 3.93. The van der Waals surface area contributed by atoms with Gasteiger partial charge in [-0.2, -0.15) is 0 Å². The average molecular weight is 291 g/mol. The van der Waals surface area contributed by atoms with Gasteiger partial charge >= 0.3 is 5.97 Å². The molecule has 1 aliphatic carbocycles. The molecule has 1 aliphatic rings. The van der Waals surface area contributed by atoms with Crippen LogP contribution in [0.25, 0.3) is 0 Å². The fraction of sp³-hybridized carbons (Fsp3) is 0.588. The molecule has 2 rings (SSSR count). The number of hydrogen-bond donors (Lipinski definition) is 2. The molecule has 0 aliphatic heterocycles. The molecular formula is C17H25NO3. The summed E-state index contributed by atoms with van der Waals surface area (Å²) in [5.41, 5.74) is 2.82. The van der Waals surface area contributed by atoms with Crippen LogP contribution >= 0.6 is 0 Å². The molecular weight excluding hydrogens is 266 g/mol. The minimum Gasteiger partial charge on any atom is -0.494 e. The number of ether oxygens (including phenoxy) is 1. The van der Waals surface area contributed by atoms with Crippen molar-refractivity contribution in [3.8, 4) is 5.75 Å². The molecule has 0 saturated heterocycles. The smallest absolute Gasteiger partial charge is 0.320 e. The quantitative estimate of drug-likeness (QED) is 0.773. The molecule has 0 spiro atoms. The van der Waals surface area contributed by atoms with Crippen LogP contribution in [0.1, 0.15) is 43.7 Å². The second kappa shape index (κ2) is 8.03. The number of aryl methyl sites for hydroxylation is 2. The Labute approximate surface area is 126 Å². The summed E-state index contributed by atoms with van der Waals surface area (Å²) in [5.74, 6) is 0.0489. The molecule has 0 radical (unpaired) electrons. The van der Waals surface area contributed by atoms with E-state index < -0.39 is 12.0 Å². The number of carbonyl (C=O) groups is 1. The van der Waals surface area contributed by atoms with Crippen molar-refractivity contribution < 1.29 is 14.6 Å². The summed E-state index contributed by atoms with van der Waals surface area (Å²) in [7, 11) is 0. The molecule has 0 aromatic heterocycles. The Morgan fingerprint density at radius 1 is 1.33 bits per heavy atom. The van der Waals surface area contributed by atoms with Crippen LogP contribution in [0, 0.1) is 0 Å². The molecule has 1 atom stereocenters. The van der Waals surface area contributed by atoms with Crippen molar-refractivity contribution in [3.63, 3.8) is 0 Å². The summed E-state index contributed by atoms with van der Waals surface area (Å²) in [4.78, 5) is 11.1. The normalized spacial score (nSPS) is 15.3. The Hall–Kier alpha value is -1.55. The highest BCUT2D eigenvalue weighted by atomic mass is 16.5. The van der Waals surface area contributed by atoms with E-state index in [1.165, 1.54) is 24.0 Å². The van der Waals surface area contributed by atoms with E-state index in [9.17, 15) is 4.79 Å². The molecule has 21 heavy (non-hydrogen) atoms. The second-order valence-electron chi connectivity index (χ2n) is 5.62. The fourth-order valence-corrected chi connectivity index (χ4v) is 2.73. The van der Waals surface area contributed by atoms with Gasteiger partial charge in [-0.05, 0) is 61.9 Å².